The lowest BCUT2D eigenvalue weighted by Crippen LogP contribution is -2.50. The van der Waals surface area contributed by atoms with E-state index in [1.54, 1.807) is 0 Å². The molecule has 2 saturated heterocycles. The van der Waals surface area contributed by atoms with Crippen LogP contribution in [0.15, 0.2) is 47.6 Å². The molecule has 6 nitrogen and oxygen atoms in total. The summed E-state index contributed by atoms with van der Waals surface area (Å²) in [4.78, 5) is 10.6. The van der Waals surface area contributed by atoms with E-state index in [-0.39, 0.29) is 0 Å². The molecule has 5 heterocycles. The summed E-state index contributed by atoms with van der Waals surface area (Å²) < 4.78 is 21.2. The van der Waals surface area contributed by atoms with Crippen molar-refractivity contribution in [3.63, 3.8) is 0 Å². The van der Waals surface area contributed by atoms with E-state index in [2.05, 4.69) is 14.8 Å². The van der Waals surface area contributed by atoms with Gasteiger partial charge >= 0.3 is 0 Å². The number of nitrogens with zero attached hydrogens (tertiary/aromatic N) is 4. The number of piperazine rings is 1. The number of hydrogen-bond donors (Lipinski definition) is 0. The lowest BCUT2D eigenvalue weighted by molar-refractivity contribution is 0.231. The fourth-order valence-electron chi connectivity index (χ4n) is 5.05. The number of aromatic nitrogens is 2. The lowest BCUT2D eigenvalue weighted by Gasteiger charge is -2.38. The second kappa shape index (κ2) is 6.85. The monoisotopic (exact) mass is 408 g/mol. The number of hydrogen-bond acceptors (Lipinski definition) is 5. The van der Waals surface area contributed by atoms with Gasteiger partial charge in [-0.3, -0.25) is 13.9 Å². The molecule has 0 amide bonds. The second-order valence-electron chi connectivity index (χ2n) is 8.07. The minimum Gasteiger partial charge on any atom is -0.493 e. The van der Waals surface area contributed by atoms with Crippen molar-refractivity contribution in [1.82, 2.24) is 13.9 Å². The van der Waals surface area contributed by atoms with Gasteiger partial charge in [-0.2, -0.15) is 0 Å². The Morgan fingerprint density at radius 2 is 2.10 bits per heavy atom. The summed E-state index contributed by atoms with van der Waals surface area (Å²) >= 11 is 0. The van der Waals surface area contributed by atoms with Crippen molar-refractivity contribution >= 4 is 27.7 Å². The van der Waals surface area contributed by atoms with Gasteiger partial charge in [-0.15, -0.1) is 0 Å². The highest BCUT2D eigenvalue weighted by atomic mass is 32.2. The van der Waals surface area contributed by atoms with Gasteiger partial charge in [0.05, 0.1) is 22.7 Å². The van der Waals surface area contributed by atoms with Crippen LogP contribution in [0.25, 0.3) is 11.0 Å². The quantitative estimate of drug-likeness (QED) is 0.667. The van der Waals surface area contributed by atoms with Crippen LogP contribution in [-0.4, -0.2) is 56.9 Å². The minimum atomic E-state index is -1.33. The smallest absolute Gasteiger partial charge is 0.157 e. The Kier molecular flexibility index (Phi) is 4.13. The molecule has 6 rings (SSSR count). The Labute approximate surface area is 172 Å². The second-order valence-corrected chi connectivity index (χ2v) is 9.40. The molecule has 150 valence electrons. The maximum absolute atomic E-state index is 13.7. The van der Waals surface area contributed by atoms with Crippen molar-refractivity contribution in [2.45, 2.75) is 30.2 Å². The third kappa shape index (κ3) is 2.79. The molecule has 3 aromatic rings. The summed E-state index contributed by atoms with van der Waals surface area (Å²) in [6.07, 6.45) is 7.26. The fraction of sp³-hybridized carbons (Fsp3) is 0.409. The summed E-state index contributed by atoms with van der Waals surface area (Å²) in [5.41, 5.74) is 4.03. The van der Waals surface area contributed by atoms with E-state index in [0.717, 1.165) is 59.0 Å². The van der Waals surface area contributed by atoms with Crippen molar-refractivity contribution in [1.29, 1.82) is 0 Å². The van der Waals surface area contributed by atoms with Gasteiger partial charge < -0.3 is 9.64 Å². The minimum absolute atomic E-state index is 0.630. The molecule has 3 aliphatic heterocycles. The van der Waals surface area contributed by atoms with E-state index in [9.17, 15) is 4.21 Å². The Balaban J connectivity index is 1.42. The molecule has 2 unspecified atom stereocenters. The molecule has 3 aliphatic rings. The maximum Gasteiger partial charge on any atom is 0.157 e. The Hall–Kier alpha value is -2.38. The van der Waals surface area contributed by atoms with E-state index < -0.39 is 11.0 Å². The molecule has 0 N–H and O–H groups in total. The Bertz CT molecular complexity index is 1110. The van der Waals surface area contributed by atoms with Gasteiger partial charge in [-0.1, -0.05) is 6.07 Å². The van der Waals surface area contributed by atoms with Crippen molar-refractivity contribution in [3.05, 3.63) is 48.3 Å². The van der Waals surface area contributed by atoms with Crippen LogP contribution in [0.4, 0.5) is 5.69 Å². The van der Waals surface area contributed by atoms with Crippen LogP contribution in [-0.2, 0) is 17.4 Å². The summed E-state index contributed by atoms with van der Waals surface area (Å²) in [5, 5.41) is 0. The van der Waals surface area contributed by atoms with E-state index in [1.807, 2.05) is 46.7 Å². The number of anilines is 1. The topological polar surface area (TPSA) is 50.6 Å². The van der Waals surface area contributed by atoms with Gasteiger partial charge in [0.1, 0.15) is 11.3 Å². The van der Waals surface area contributed by atoms with Gasteiger partial charge in [0.25, 0.3) is 0 Å². The fourth-order valence-corrected chi connectivity index (χ4v) is 6.39. The first kappa shape index (κ1) is 17.5. The zero-order chi connectivity index (χ0) is 19.4. The van der Waals surface area contributed by atoms with Gasteiger partial charge in [0, 0.05) is 50.1 Å². The lowest BCUT2D eigenvalue weighted by atomic mass is 10.1. The summed E-state index contributed by atoms with van der Waals surface area (Å²) in [6, 6.07) is 10.4. The number of pyridine rings is 1. The predicted molar refractivity (Wildman–Crippen MR) is 114 cm³/mol. The molecule has 1 aromatic carbocycles. The molecule has 0 radical (unpaired) electrons. The van der Waals surface area contributed by atoms with Crippen LogP contribution in [0.1, 0.15) is 18.4 Å². The largest absolute Gasteiger partial charge is 0.493 e. The summed E-state index contributed by atoms with van der Waals surface area (Å²) in [7, 11) is -1.33. The van der Waals surface area contributed by atoms with Crippen LogP contribution in [0.3, 0.4) is 0 Å². The first-order valence-electron chi connectivity index (χ1n) is 10.4. The van der Waals surface area contributed by atoms with Crippen LogP contribution >= 0.6 is 0 Å². The molecule has 2 aromatic heterocycles. The van der Waals surface area contributed by atoms with Crippen molar-refractivity contribution in [2.24, 2.45) is 0 Å². The molecule has 0 spiro atoms. The summed E-state index contributed by atoms with van der Waals surface area (Å²) in [5.74, 6) is 0.864. The van der Waals surface area contributed by atoms with Crippen LogP contribution in [0, 0.1) is 0 Å². The first-order chi connectivity index (χ1) is 14.3. The van der Waals surface area contributed by atoms with Crippen LogP contribution in [0.2, 0.25) is 0 Å². The highest BCUT2D eigenvalue weighted by molar-refractivity contribution is 7.83. The molecule has 2 fully saturated rings. The Morgan fingerprint density at radius 1 is 1.14 bits per heavy atom. The van der Waals surface area contributed by atoms with Gasteiger partial charge in [0.15, 0.2) is 11.0 Å². The average molecular weight is 409 g/mol. The Morgan fingerprint density at radius 3 is 3.07 bits per heavy atom. The van der Waals surface area contributed by atoms with Gasteiger partial charge in [-0.25, -0.2) is 4.21 Å². The highest BCUT2D eigenvalue weighted by Gasteiger charge is 2.32. The van der Waals surface area contributed by atoms with E-state index in [0.29, 0.717) is 12.6 Å². The molecule has 0 aliphatic carbocycles. The first-order valence-corrected chi connectivity index (χ1v) is 11.5. The highest BCUT2D eigenvalue weighted by Crippen LogP contribution is 2.35. The zero-order valence-electron chi connectivity index (χ0n) is 16.3. The molecule has 29 heavy (non-hydrogen) atoms. The molecule has 2 atom stereocenters. The number of fused-ring (bicyclic) bond motifs is 3. The third-order valence-corrected chi connectivity index (χ3v) is 7.92. The normalized spacial score (nSPS) is 22.5. The van der Waals surface area contributed by atoms with Crippen molar-refractivity contribution in [2.75, 3.05) is 37.7 Å². The molecule has 0 saturated carbocycles. The standard InChI is InChI=1S/C22H24N4O2S/c27-29(21-7-1-6-20-17(21)8-13-28-20)26-15-19(22-18(26)5-2-9-23-22)25-12-11-24-10-3-4-16(24)14-25/h1-2,5-7,9,15-16H,3-4,8,10-14H2. The molecule has 0 bridgehead atoms. The van der Waals surface area contributed by atoms with E-state index >= 15 is 0 Å². The molecular formula is C22H24N4O2S. The SMILES string of the molecule is O=S(c1cccc2c1CCO2)n1cc(N2CCN3CCCC3C2)c2ncccc21. The predicted octanol–water partition coefficient (Wildman–Crippen LogP) is 2.83. The molecule has 7 heteroatoms. The maximum atomic E-state index is 13.7. The third-order valence-electron chi connectivity index (χ3n) is 6.50. The zero-order valence-corrected chi connectivity index (χ0v) is 17.1. The van der Waals surface area contributed by atoms with Gasteiger partial charge in [0.2, 0.25) is 0 Å². The average Bonchev–Trinajstić information content (AvgIpc) is 3.49. The number of rotatable bonds is 3. The van der Waals surface area contributed by atoms with Crippen LogP contribution in [0.5, 0.6) is 5.75 Å². The van der Waals surface area contributed by atoms with Crippen LogP contribution < -0.4 is 9.64 Å². The molecular weight excluding hydrogens is 384 g/mol. The number of ether oxygens (including phenoxy) is 1. The van der Waals surface area contributed by atoms with Gasteiger partial charge in [-0.05, 0) is 43.7 Å². The van der Waals surface area contributed by atoms with E-state index in [1.165, 1.54) is 19.4 Å². The van der Waals surface area contributed by atoms with Crippen molar-refractivity contribution in [3.8, 4) is 5.75 Å². The summed E-state index contributed by atoms with van der Waals surface area (Å²) in [6.45, 7) is 5.00. The van der Waals surface area contributed by atoms with Crippen molar-refractivity contribution < 1.29 is 8.95 Å². The number of benzene rings is 1. The van der Waals surface area contributed by atoms with E-state index in [4.69, 9.17) is 4.74 Å².